The van der Waals surface area contributed by atoms with Gasteiger partial charge in [0.05, 0.1) is 0 Å². The Bertz CT molecular complexity index is 760. The number of carbonyl (C=O) groups excluding carboxylic acids is 2. The fourth-order valence-corrected chi connectivity index (χ4v) is 2.12. The largest absolute Gasteiger partial charge is 0.437 e. The van der Waals surface area contributed by atoms with Gasteiger partial charge in [0.15, 0.2) is 0 Å². The first-order valence-electron chi connectivity index (χ1n) is 6.54. The molecule has 0 aliphatic heterocycles. The molecule has 0 aliphatic carbocycles. The Labute approximate surface area is 146 Å². The lowest BCUT2D eigenvalue weighted by Crippen LogP contribution is -2.15. The number of carbonyl (C=O) groups is 2. The molecule has 0 heterocycles. The molecule has 118 valence electrons. The minimum absolute atomic E-state index is 0.0635. The minimum atomic E-state index is -0.810. The van der Waals surface area contributed by atoms with Crippen molar-refractivity contribution in [2.45, 2.75) is 6.92 Å². The fraction of sp³-hybridized carbons (Fsp3) is 0.0625. The molecule has 1 N–H and O–H groups in total. The first kappa shape index (κ1) is 17.2. The van der Waals surface area contributed by atoms with Crippen molar-refractivity contribution < 1.29 is 14.4 Å². The predicted octanol–water partition coefficient (Wildman–Crippen LogP) is 4.91. The normalized spacial score (nSPS) is 11.0. The maximum Gasteiger partial charge on any atom is 0.437 e. The highest BCUT2D eigenvalue weighted by Crippen LogP contribution is 2.15. The van der Waals surface area contributed by atoms with E-state index in [0.717, 1.165) is 4.47 Å². The number of hydrogen-bond donors (Lipinski definition) is 1. The zero-order valence-corrected chi connectivity index (χ0v) is 14.4. The highest BCUT2D eigenvalue weighted by Gasteiger charge is 2.11. The maximum atomic E-state index is 12.1. The van der Waals surface area contributed by atoms with Crippen molar-refractivity contribution in [3.05, 3.63) is 63.6 Å². The van der Waals surface area contributed by atoms with Crippen molar-refractivity contribution in [1.29, 1.82) is 0 Å². The summed E-state index contributed by atoms with van der Waals surface area (Å²) in [6, 6.07) is 13.4. The number of Topliss-reactive ketones (excluding diaryl/α,β-unsaturated/α-hetero) is 1. The Balaban J connectivity index is 1.97. The molecule has 0 aromatic heterocycles. The van der Waals surface area contributed by atoms with Crippen LogP contribution >= 0.6 is 27.5 Å². The first-order valence-corrected chi connectivity index (χ1v) is 7.71. The van der Waals surface area contributed by atoms with E-state index in [1.807, 2.05) is 0 Å². The molecule has 5 nitrogen and oxygen atoms in total. The third-order valence-electron chi connectivity index (χ3n) is 2.77. The molecule has 2 rings (SSSR count). The Morgan fingerprint density at radius 1 is 1.17 bits per heavy atom. The molecule has 0 atom stereocenters. The van der Waals surface area contributed by atoms with Crippen LogP contribution < -0.4 is 5.32 Å². The summed E-state index contributed by atoms with van der Waals surface area (Å²) in [7, 11) is 0. The van der Waals surface area contributed by atoms with Gasteiger partial charge in [-0.1, -0.05) is 38.8 Å². The number of anilines is 1. The molecule has 0 saturated heterocycles. The van der Waals surface area contributed by atoms with E-state index in [0.29, 0.717) is 16.3 Å². The molecule has 0 unspecified atom stereocenters. The van der Waals surface area contributed by atoms with Gasteiger partial charge in [0.1, 0.15) is 5.71 Å². The first-order chi connectivity index (χ1) is 11.0. The Hall–Kier alpha value is -2.18. The Morgan fingerprint density at radius 2 is 1.87 bits per heavy atom. The van der Waals surface area contributed by atoms with Crippen LogP contribution in [0.4, 0.5) is 10.5 Å². The van der Waals surface area contributed by atoms with Crippen LogP contribution in [0, 0.1) is 0 Å². The molecular formula is C16H12BrClN2O3. The molecule has 7 heteroatoms. The average Bonchev–Trinajstić information content (AvgIpc) is 2.52. The number of halogens is 2. The van der Waals surface area contributed by atoms with E-state index in [1.54, 1.807) is 48.5 Å². The van der Waals surface area contributed by atoms with Crippen molar-refractivity contribution >= 4 is 50.8 Å². The molecule has 0 spiro atoms. The summed E-state index contributed by atoms with van der Waals surface area (Å²) in [6.45, 7) is 1.47. The van der Waals surface area contributed by atoms with Gasteiger partial charge >= 0.3 is 6.09 Å². The van der Waals surface area contributed by atoms with Crippen LogP contribution in [0.15, 0.2) is 58.2 Å². The number of nitrogens with one attached hydrogen (secondary N) is 1. The van der Waals surface area contributed by atoms with Gasteiger partial charge < -0.3 is 0 Å². The van der Waals surface area contributed by atoms with Gasteiger partial charge in [-0.25, -0.2) is 4.79 Å². The Morgan fingerprint density at radius 3 is 2.52 bits per heavy atom. The second kappa shape index (κ2) is 7.89. The van der Waals surface area contributed by atoms with Crippen molar-refractivity contribution in [2.75, 3.05) is 5.32 Å². The van der Waals surface area contributed by atoms with Crippen LogP contribution in [-0.2, 0) is 4.84 Å². The van der Waals surface area contributed by atoms with Crippen molar-refractivity contribution in [3.8, 4) is 0 Å². The van der Waals surface area contributed by atoms with Gasteiger partial charge in [-0.15, -0.1) is 0 Å². The molecule has 1 amide bonds. The van der Waals surface area contributed by atoms with Crippen LogP contribution in [0.1, 0.15) is 17.3 Å². The lowest BCUT2D eigenvalue weighted by Gasteiger charge is -2.04. The van der Waals surface area contributed by atoms with Crippen molar-refractivity contribution in [1.82, 2.24) is 0 Å². The summed E-state index contributed by atoms with van der Waals surface area (Å²) >= 11 is 9.10. The topological polar surface area (TPSA) is 67.8 Å². The summed E-state index contributed by atoms with van der Waals surface area (Å²) in [4.78, 5) is 28.4. The Kier molecular flexibility index (Phi) is 5.90. The van der Waals surface area contributed by atoms with Gasteiger partial charge in [-0.2, -0.15) is 0 Å². The molecule has 23 heavy (non-hydrogen) atoms. The van der Waals surface area contributed by atoms with Crippen molar-refractivity contribution in [3.63, 3.8) is 0 Å². The standard InChI is InChI=1S/C16H12BrClN2O3/c1-10(15(21)11-5-7-12(17)8-6-11)20-23-16(22)19-14-4-2-3-13(18)9-14/h2-9H,1H3,(H,19,22)/b20-10+. The van der Waals surface area contributed by atoms with E-state index in [1.165, 1.54) is 6.92 Å². The van der Waals surface area contributed by atoms with Gasteiger partial charge in [0, 0.05) is 20.7 Å². The maximum absolute atomic E-state index is 12.1. The highest BCUT2D eigenvalue weighted by molar-refractivity contribution is 9.10. The highest BCUT2D eigenvalue weighted by atomic mass is 79.9. The summed E-state index contributed by atoms with van der Waals surface area (Å²) in [5.41, 5.74) is 0.983. The van der Waals surface area contributed by atoms with Gasteiger partial charge in [-0.3, -0.25) is 14.9 Å². The number of nitrogens with zero attached hydrogens (tertiary/aromatic N) is 1. The average molecular weight is 396 g/mol. The summed E-state index contributed by atoms with van der Waals surface area (Å²) in [5, 5.41) is 6.49. The molecule has 0 radical (unpaired) electrons. The quantitative estimate of drug-likeness (QED) is 0.346. The molecule has 0 saturated carbocycles. The number of hydrogen-bond acceptors (Lipinski definition) is 4. The van der Waals surface area contributed by atoms with Crippen LogP contribution in [-0.4, -0.2) is 17.6 Å². The molecule has 0 fully saturated rings. The van der Waals surface area contributed by atoms with E-state index in [2.05, 4.69) is 31.2 Å². The smallest absolute Gasteiger partial charge is 0.297 e. The number of oxime groups is 1. The summed E-state index contributed by atoms with van der Waals surface area (Å²) < 4.78 is 0.862. The van der Waals surface area contributed by atoms with E-state index in [4.69, 9.17) is 11.6 Å². The number of ketones is 1. The van der Waals surface area contributed by atoms with Gasteiger partial charge in [0.2, 0.25) is 5.78 Å². The number of benzene rings is 2. The third-order valence-corrected chi connectivity index (χ3v) is 3.54. The SMILES string of the molecule is C/C(=N\OC(=O)Nc1cccc(Cl)c1)C(=O)c1ccc(Br)cc1. The fourth-order valence-electron chi connectivity index (χ4n) is 1.67. The number of rotatable bonds is 4. The van der Waals surface area contributed by atoms with Crippen LogP contribution in [0.2, 0.25) is 5.02 Å². The molecule has 0 bridgehead atoms. The summed E-state index contributed by atoms with van der Waals surface area (Å²) in [5.74, 6) is -0.326. The zero-order valence-electron chi connectivity index (χ0n) is 12.0. The predicted molar refractivity (Wildman–Crippen MR) is 93.1 cm³/mol. The van der Waals surface area contributed by atoms with Crippen molar-refractivity contribution in [2.24, 2.45) is 5.16 Å². The van der Waals surface area contributed by atoms with E-state index in [9.17, 15) is 9.59 Å². The molecular weight excluding hydrogens is 384 g/mol. The van der Waals surface area contributed by atoms with Crippen LogP contribution in [0.3, 0.4) is 0 Å². The molecule has 0 aliphatic rings. The second-order valence-corrected chi connectivity index (χ2v) is 5.88. The number of amides is 1. The monoisotopic (exact) mass is 394 g/mol. The lowest BCUT2D eigenvalue weighted by atomic mass is 10.1. The van der Waals surface area contributed by atoms with Crippen LogP contribution in [0.5, 0.6) is 0 Å². The van der Waals surface area contributed by atoms with E-state index in [-0.39, 0.29) is 11.5 Å². The van der Waals surface area contributed by atoms with E-state index < -0.39 is 6.09 Å². The summed E-state index contributed by atoms with van der Waals surface area (Å²) in [6.07, 6.45) is -0.810. The van der Waals surface area contributed by atoms with Gasteiger partial charge in [-0.05, 0) is 49.4 Å². The van der Waals surface area contributed by atoms with Crippen LogP contribution in [0.25, 0.3) is 0 Å². The second-order valence-electron chi connectivity index (χ2n) is 4.53. The molecule has 2 aromatic carbocycles. The molecule has 2 aromatic rings. The minimum Gasteiger partial charge on any atom is -0.297 e. The van der Waals surface area contributed by atoms with Gasteiger partial charge in [0.25, 0.3) is 0 Å². The third kappa shape index (κ3) is 5.19. The lowest BCUT2D eigenvalue weighted by molar-refractivity contribution is 0.105. The van der Waals surface area contributed by atoms with E-state index >= 15 is 0 Å². The zero-order chi connectivity index (χ0) is 16.8.